The summed E-state index contributed by atoms with van der Waals surface area (Å²) in [4.78, 5) is 40.1. The van der Waals surface area contributed by atoms with Crippen LogP contribution >= 0.6 is 23.2 Å². The lowest BCUT2D eigenvalue weighted by molar-refractivity contribution is -0.122. The molecule has 2 heterocycles. The third-order valence-electron chi connectivity index (χ3n) is 7.96. The van der Waals surface area contributed by atoms with Gasteiger partial charge in [-0.15, -0.1) is 0 Å². The Labute approximate surface area is 253 Å². The van der Waals surface area contributed by atoms with Crippen LogP contribution in [0.25, 0.3) is 0 Å². The number of fused-ring (bicyclic) bond motifs is 2. The number of rotatable bonds is 6. The summed E-state index contributed by atoms with van der Waals surface area (Å²) in [5.74, 6) is -3.07. The van der Waals surface area contributed by atoms with Crippen LogP contribution in [0.4, 0.5) is 15.8 Å². The second-order valence-electron chi connectivity index (χ2n) is 11.9. The van der Waals surface area contributed by atoms with Crippen LogP contribution in [0, 0.1) is 11.2 Å². The average Bonchev–Trinajstić information content (AvgIpc) is 3.39. The number of halogens is 3. The predicted octanol–water partition coefficient (Wildman–Crippen LogP) is 5.63. The fourth-order valence-corrected chi connectivity index (χ4v) is 6.66. The number of nitrogens with one attached hydrogen (secondary N) is 3. The van der Waals surface area contributed by atoms with Gasteiger partial charge >= 0.3 is 0 Å². The summed E-state index contributed by atoms with van der Waals surface area (Å²) in [5.41, 5.74) is 5.45. The second-order valence-corrected chi connectivity index (χ2v) is 12.7. The van der Waals surface area contributed by atoms with Crippen LogP contribution in [0.3, 0.4) is 0 Å². The van der Waals surface area contributed by atoms with Gasteiger partial charge in [-0.3, -0.25) is 14.4 Å². The molecule has 1 spiro atoms. The molecule has 0 radical (unpaired) electrons. The van der Waals surface area contributed by atoms with Gasteiger partial charge in [-0.2, -0.15) is 0 Å². The van der Waals surface area contributed by atoms with Gasteiger partial charge in [-0.05, 0) is 59.4 Å². The predicted molar refractivity (Wildman–Crippen MR) is 161 cm³/mol. The summed E-state index contributed by atoms with van der Waals surface area (Å²) in [6.45, 7) is 6.10. The number of hydrogen-bond donors (Lipinski definition) is 4. The molecule has 220 valence electrons. The van der Waals surface area contributed by atoms with Gasteiger partial charge in [0.2, 0.25) is 17.7 Å². The van der Waals surface area contributed by atoms with E-state index in [1.54, 1.807) is 30.3 Å². The topological polar surface area (TPSA) is 123 Å². The Balaban J connectivity index is 1.70. The third kappa shape index (κ3) is 4.99. The van der Waals surface area contributed by atoms with Crippen LogP contribution in [0.15, 0.2) is 54.6 Å². The minimum Gasteiger partial charge on any atom is -0.495 e. The van der Waals surface area contributed by atoms with Crippen LogP contribution < -0.4 is 26.4 Å². The van der Waals surface area contributed by atoms with Crippen LogP contribution in [-0.2, 0) is 15.0 Å². The summed E-state index contributed by atoms with van der Waals surface area (Å²) in [6, 6.07) is 12.4. The number of benzene rings is 3. The quantitative estimate of drug-likeness (QED) is 0.287. The minimum absolute atomic E-state index is 0.125. The Morgan fingerprint density at radius 1 is 1.12 bits per heavy atom. The Morgan fingerprint density at radius 2 is 1.86 bits per heavy atom. The minimum atomic E-state index is -1.39. The first-order chi connectivity index (χ1) is 19.8. The molecule has 11 heteroatoms. The van der Waals surface area contributed by atoms with Crippen molar-refractivity contribution in [2.24, 2.45) is 11.1 Å². The number of methoxy groups -OCH3 is 1. The molecule has 8 nitrogen and oxygen atoms in total. The molecule has 4 atom stereocenters. The smallest absolute Gasteiger partial charge is 0.248 e. The highest BCUT2D eigenvalue weighted by Crippen LogP contribution is 2.57. The Kier molecular flexibility index (Phi) is 7.72. The summed E-state index contributed by atoms with van der Waals surface area (Å²) in [6.07, 6.45) is 0.474. The molecule has 2 aliphatic rings. The molecule has 1 unspecified atom stereocenters. The van der Waals surface area contributed by atoms with Gasteiger partial charge in [0.25, 0.3) is 0 Å². The van der Waals surface area contributed by atoms with Crippen molar-refractivity contribution in [2.45, 2.75) is 50.6 Å². The first-order valence-electron chi connectivity index (χ1n) is 13.4. The zero-order chi connectivity index (χ0) is 30.6. The van der Waals surface area contributed by atoms with E-state index < -0.39 is 41.0 Å². The maximum atomic E-state index is 15.9. The van der Waals surface area contributed by atoms with E-state index in [-0.39, 0.29) is 38.9 Å². The normalized spacial score (nSPS) is 23.0. The number of anilines is 2. The van der Waals surface area contributed by atoms with E-state index in [0.717, 1.165) is 0 Å². The van der Waals surface area contributed by atoms with E-state index >= 15 is 4.39 Å². The van der Waals surface area contributed by atoms with Gasteiger partial charge < -0.3 is 26.4 Å². The van der Waals surface area contributed by atoms with E-state index in [9.17, 15) is 14.4 Å². The molecular formula is C31H31Cl2FN4O4. The number of ether oxygens (including phenoxy) is 1. The summed E-state index contributed by atoms with van der Waals surface area (Å²) in [7, 11) is 1.40. The molecular weight excluding hydrogens is 582 g/mol. The summed E-state index contributed by atoms with van der Waals surface area (Å²) >= 11 is 12.5. The maximum absolute atomic E-state index is 15.9. The van der Waals surface area contributed by atoms with E-state index in [1.807, 2.05) is 20.8 Å². The zero-order valence-electron chi connectivity index (χ0n) is 23.5. The van der Waals surface area contributed by atoms with Crippen LogP contribution in [-0.4, -0.2) is 36.9 Å². The van der Waals surface area contributed by atoms with E-state index in [4.69, 9.17) is 33.7 Å². The molecule has 5 N–H and O–H groups in total. The van der Waals surface area contributed by atoms with Crippen molar-refractivity contribution in [3.05, 3.63) is 87.2 Å². The van der Waals surface area contributed by atoms with Gasteiger partial charge in [-0.1, -0.05) is 62.2 Å². The fraction of sp³-hybridized carbons (Fsp3) is 0.323. The van der Waals surface area contributed by atoms with Crippen LogP contribution in [0.1, 0.15) is 54.6 Å². The summed E-state index contributed by atoms with van der Waals surface area (Å²) < 4.78 is 21.3. The number of hydrogen-bond acceptors (Lipinski definition) is 5. The van der Waals surface area contributed by atoms with Crippen molar-refractivity contribution in [2.75, 3.05) is 17.7 Å². The van der Waals surface area contributed by atoms with Crippen molar-refractivity contribution >= 4 is 52.3 Å². The number of amides is 3. The average molecular weight is 614 g/mol. The molecule has 3 amide bonds. The highest BCUT2D eigenvalue weighted by atomic mass is 35.5. The highest BCUT2D eigenvalue weighted by Gasteiger charge is 2.66. The van der Waals surface area contributed by atoms with Crippen LogP contribution in [0.2, 0.25) is 10.0 Å². The van der Waals surface area contributed by atoms with Crippen molar-refractivity contribution < 1.29 is 23.5 Å². The van der Waals surface area contributed by atoms with Gasteiger partial charge in [0.05, 0.1) is 23.9 Å². The molecule has 1 saturated heterocycles. The van der Waals surface area contributed by atoms with E-state index in [0.29, 0.717) is 22.7 Å². The highest BCUT2D eigenvalue weighted by molar-refractivity contribution is 6.31. The van der Waals surface area contributed by atoms with Gasteiger partial charge in [-0.25, -0.2) is 4.39 Å². The Hall–Kier alpha value is -3.66. The summed E-state index contributed by atoms with van der Waals surface area (Å²) in [5, 5.41) is 9.52. The van der Waals surface area contributed by atoms with Gasteiger partial charge in [0.1, 0.15) is 17.0 Å². The first-order valence-corrected chi connectivity index (χ1v) is 14.1. The van der Waals surface area contributed by atoms with Crippen molar-refractivity contribution in [1.29, 1.82) is 0 Å². The first kappa shape index (κ1) is 29.8. The Morgan fingerprint density at radius 3 is 2.52 bits per heavy atom. The second kappa shape index (κ2) is 10.9. The number of nitrogens with two attached hydrogens (primary N) is 1. The molecule has 2 aliphatic heterocycles. The largest absolute Gasteiger partial charge is 0.495 e. The molecule has 3 aromatic carbocycles. The lowest BCUT2D eigenvalue weighted by Crippen LogP contribution is -2.49. The molecule has 0 aliphatic carbocycles. The molecule has 0 saturated carbocycles. The monoisotopic (exact) mass is 612 g/mol. The standard InChI is InChI=1S/C31H31Cl2FN4O4/c1-30(2,3)14-23-31(18-10-9-16(32)13-21(18)37-29(31)41)24(17-6-5-7-19(33)25(17)34)26(38-23)28(40)36-20-11-8-15(27(35)39)12-22(20)42-4/h5-13,23-24,26,38H,14H2,1-4H3,(H2,35,39)(H,36,40)(H,37,41)/t23-,24+,26-,31?/m1/s1. The molecule has 0 aromatic heterocycles. The Bertz CT molecular complexity index is 1610. The zero-order valence-corrected chi connectivity index (χ0v) is 25.0. The molecule has 0 bridgehead atoms. The third-order valence-corrected chi connectivity index (χ3v) is 8.49. The molecule has 5 rings (SSSR count). The van der Waals surface area contributed by atoms with Crippen LogP contribution in [0.5, 0.6) is 5.75 Å². The lowest BCUT2D eigenvalue weighted by Gasteiger charge is -2.37. The number of primary amides is 1. The molecule has 3 aromatic rings. The van der Waals surface area contributed by atoms with E-state index in [1.165, 1.54) is 31.4 Å². The van der Waals surface area contributed by atoms with Gasteiger partial charge in [0.15, 0.2) is 0 Å². The van der Waals surface area contributed by atoms with Crippen molar-refractivity contribution in [3.63, 3.8) is 0 Å². The lowest BCUT2D eigenvalue weighted by atomic mass is 9.62. The van der Waals surface area contributed by atoms with Gasteiger partial charge in [0, 0.05) is 28.2 Å². The van der Waals surface area contributed by atoms with Crippen molar-refractivity contribution in [1.82, 2.24) is 5.32 Å². The SMILES string of the molecule is COc1cc(C(N)=O)ccc1NC(=O)[C@@H]1N[C@H](CC(C)(C)C)C2(C(=O)Nc3cc(Cl)ccc32)[C@H]1c1cccc(Cl)c1F. The molecule has 42 heavy (non-hydrogen) atoms. The number of carbonyl (C=O) groups is 3. The fourth-order valence-electron chi connectivity index (χ4n) is 6.31. The van der Waals surface area contributed by atoms with Crippen molar-refractivity contribution in [3.8, 4) is 5.75 Å². The van der Waals surface area contributed by atoms with E-state index in [2.05, 4.69) is 16.0 Å². The molecule has 1 fully saturated rings. The number of carbonyl (C=O) groups excluding carboxylic acids is 3. The maximum Gasteiger partial charge on any atom is 0.248 e.